The van der Waals surface area contributed by atoms with Gasteiger partial charge in [-0.2, -0.15) is 0 Å². The van der Waals surface area contributed by atoms with Gasteiger partial charge in [0, 0.05) is 37.2 Å². The van der Waals surface area contributed by atoms with E-state index in [1.165, 1.54) is 4.57 Å². The summed E-state index contributed by atoms with van der Waals surface area (Å²) in [5, 5.41) is 3.01. The largest absolute Gasteiger partial charge is 0.349 e. The van der Waals surface area contributed by atoms with Gasteiger partial charge in [0.2, 0.25) is 5.91 Å². The van der Waals surface area contributed by atoms with Crippen molar-refractivity contribution in [3.8, 4) is 0 Å². The average Bonchev–Trinajstić information content (AvgIpc) is 2.68. The molecule has 1 aliphatic rings. The summed E-state index contributed by atoms with van der Waals surface area (Å²) in [6.45, 7) is 7.21. The number of carbonyl (C=O) groups excluding carboxylic acids is 2. The maximum atomic E-state index is 12.6. The number of aromatic amines is 1. The zero-order chi connectivity index (χ0) is 20.4. The lowest BCUT2D eigenvalue weighted by molar-refractivity contribution is -0.135. The molecule has 0 saturated carbocycles. The highest BCUT2D eigenvalue weighted by molar-refractivity contribution is 5.97. The Hall–Kier alpha value is -2.90. The minimum atomic E-state index is -0.700. The molecule has 1 saturated heterocycles. The second-order valence-corrected chi connectivity index (χ2v) is 7.46. The fraction of sp³-hybridized carbons (Fsp3) is 0.500. The number of benzene rings is 1. The summed E-state index contributed by atoms with van der Waals surface area (Å²) >= 11 is 0. The highest BCUT2D eigenvalue weighted by Gasteiger charge is 2.25. The van der Waals surface area contributed by atoms with Crippen LogP contribution in [0.4, 0.5) is 0 Å². The Labute approximate surface area is 162 Å². The summed E-state index contributed by atoms with van der Waals surface area (Å²) in [6, 6.07) is 4.92. The van der Waals surface area contributed by atoms with Gasteiger partial charge < -0.3 is 19.8 Å². The van der Waals surface area contributed by atoms with Crippen LogP contribution in [0.15, 0.2) is 27.8 Å². The van der Waals surface area contributed by atoms with Crippen LogP contribution in [0.25, 0.3) is 11.0 Å². The number of aromatic nitrogens is 2. The number of likely N-dealkylation sites (tertiary alicyclic amines) is 1. The topological polar surface area (TPSA) is 104 Å². The molecule has 8 nitrogen and oxygen atoms in total. The Bertz CT molecular complexity index is 1010. The van der Waals surface area contributed by atoms with E-state index in [4.69, 9.17) is 0 Å². The van der Waals surface area contributed by atoms with Crippen LogP contribution >= 0.6 is 0 Å². The number of carbonyl (C=O) groups is 2. The molecule has 1 aromatic carbocycles. The van der Waals surface area contributed by atoms with E-state index in [1.807, 2.05) is 18.7 Å². The van der Waals surface area contributed by atoms with Crippen LogP contribution in [0.1, 0.15) is 44.0 Å². The molecule has 8 heteroatoms. The van der Waals surface area contributed by atoms with Crippen molar-refractivity contribution in [1.82, 2.24) is 19.8 Å². The Balaban J connectivity index is 1.73. The summed E-state index contributed by atoms with van der Waals surface area (Å²) in [5.74, 6) is -0.109. The molecule has 2 N–H and O–H groups in total. The van der Waals surface area contributed by atoms with Gasteiger partial charge in [0.25, 0.3) is 5.91 Å². The molecule has 2 amide bonds. The smallest absolute Gasteiger partial charge is 0.316 e. The molecule has 3 rings (SSSR count). The van der Waals surface area contributed by atoms with Crippen molar-refractivity contribution >= 4 is 22.8 Å². The second kappa shape index (κ2) is 8.00. The zero-order valence-electron chi connectivity index (χ0n) is 16.4. The Morgan fingerprint density at radius 2 is 1.89 bits per heavy atom. The summed E-state index contributed by atoms with van der Waals surface area (Å²) < 4.78 is 1.39. The van der Waals surface area contributed by atoms with Crippen molar-refractivity contribution in [1.29, 1.82) is 0 Å². The number of amides is 2. The standard InChI is InChI=1S/C20H26N4O4/c1-4-24-16-6-5-13(11-15(16)22-18(26)20(24)28)17(25)21-14-7-9-23(10-8-14)19(27)12(2)3/h5-6,11-12,14H,4,7-10H2,1-3H3,(H,21,25)(H,22,26). The molecule has 0 aliphatic carbocycles. The van der Waals surface area contributed by atoms with Crippen LogP contribution in [0.3, 0.4) is 0 Å². The third-order valence-corrected chi connectivity index (χ3v) is 5.19. The van der Waals surface area contributed by atoms with Crippen molar-refractivity contribution in [2.24, 2.45) is 5.92 Å². The lowest BCUT2D eigenvalue weighted by atomic mass is 10.0. The molecule has 2 aromatic rings. The van der Waals surface area contributed by atoms with E-state index >= 15 is 0 Å². The van der Waals surface area contributed by atoms with Gasteiger partial charge in [0.15, 0.2) is 0 Å². The summed E-state index contributed by atoms with van der Waals surface area (Å²) in [5.41, 5.74) is 0.162. The molecule has 0 spiro atoms. The van der Waals surface area contributed by atoms with Gasteiger partial charge in [-0.15, -0.1) is 0 Å². The van der Waals surface area contributed by atoms with E-state index in [2.05, 4.69) is 10.3 Å². The van der Waals surface area contributed by atoms with E-state index in [0.29, 0.717) is 49.1 Å². The van der Waals surface area contributed by atoms with Gasteiger partial charge >= 0.3 is 11.1 Å². The maximum absolute atomic E-state index is 12.6. The van der Waals surface area contributed by atoms with Gasteiger partial charge in [-0.25, -0.2) is 0 Å². The first-order valence-corrected chi connectivity index (χ1v) is 9.68. The third kappa shape index (κ3) is 3.85. The summed E-state index contributed by atoms with van der Waals surface area (Å²) in [6.07, 6.45) is 1.42. The molecule has 0 bridgehead atoms. The van der Waals surface area contributed by atoms with Crippen LogP contribution in [0, 0.1) is 5.92 Å². The molecule has 0 radical (unpaired) electrons. The fourth-order valence-electron chi connectivity index (χ4n) is 3.61. The van der Waals surface area contributed by atoms with Crippen molar-refractivity contribution < 1.29 is 9.59 Å². The van der Waals surface area contributed by atoms with E-state index in [-0.39, 0.29) is 23.8 Å². The predicted molar refractivity (Wildman–Crippen MR) is 106 cm³/mol. The molecule has 1 aliphatic heterocycles. The number of rotatable bonds is 4. The zero-order valence-corrected chi connectivity index (χ0v) is 16.4. The van der Waals surface area contributed by atoms with Gasteiger partial charge in [-0.05, 0) is 38.0 Å². The quantitative estimate of drug-likeness (QED) is 0.768. The lowest BCUT2D eigenvalue weighted by Gasteiger charge is -2.33. The minimum absolute atomic E-state index is 0.00283. The summed E-state index contributed by atoms with van der Waals surface area (Å²) in [4.78, 5) is 52.8. The highest BCUT2D eigenvalue weighted by atomic mass is 16.2. The number of piperidine rings is 1. The monoisotopic (exact) mass is 386 g/mol. The number of hydrogen-bond acceptors (Lipinski definition) is 4. The van der Waals surface area contributed by atoms with Gasteiger partial charge in [0.05, 0.1) is 11.0 Å². The molecule has 0 unspecified atom stereocenters. The van der Waals surface area contributed by atoms with Gasteiger partial charge in [-0.3, -0.25) is 19.2 Å². The first-order valence-electron chi connectivity index (χ1n) is 9.68. The number of nitrogens with zero attached hydrogens (tertiary/aromatic N) is 2. The van der Waals surface area contributed by atoms with Crippen LogP contribution in [0.5, 0.6) is 0 Å². The SMILES string of the molecule is CCn1c(=O)c(=O)[nH]c2cc(C(=O)NC3CCN(C(=O)C(C)C)CC3)ccc21. The van der Waals surface area contributed by atoms with Gasteiger partial charge in [0.1, 0.15) is 0 Å². The van der Waals surface area contributed by atoms with E-state index < -0.39 is 11.1 Å². The molecule has 150 valence electrons. The molecular formula is C20H26N4O4. The molecule has 1 aromatic heterocycles. The van der Waals surface area contributed by atoms with Crippen LogP contribution in [0.2, 0.25) is 0 Å². The highest BCUT2D eigenvalue weighted by Crippen LogP contribution is 2.15. The lowest BCUT2D eigenvalue weighted by Crippen LogP contribution is -2.47. The van der Waals surface area contributed by atoms with Crippen LogP contribution in [-0.2, 0) is 11.3 Å². The van der Waals surface area contributed by atoms with Crippen LogP contribution in [-0.4, -0.2) is 45.4 Å². The Morgan fingerprint density at radius 3 is 2.50 bits per heavy atom. The number of fused-ring (bicyclic) bond motifs is 1. The van der Waals surface area contributed by atoms with Crippen molar-refractivity contribution in [3.05, 3.63) is 44.5 Å². The molecule has 28 heavy (non-hydrogen) atoms. The average molecular weight is 386 g/mol. The molecule has 1 fully saturated rings. The van der Waals surface area contributed by atoms with Crippen molar-refractivity contribution in [2.45, 2.75) is 46.2 Å². The fourth-order valence-corrected chi connectivity index (χ4v) is 3.61. The first-order chi connectivity index (χ1) is 13.3. The number of H-pyrrole nitrogens is 1. The minimum Gasteiger partial charge on any atom is -0.349 e. The van der Waals surface area contributed by atoms with Gasteiger partial charge in [-0.1, -0.05) is 13.8 Å². The maximum Gasteiger partial charge on any atom is 0.316 e. The predicted octanol–water partition coefficient (Wildman–Crippen LogP) is 1.09. The normalized spacial score (nSPS) is 15.2. The summed E-state index contributed by atoms with van der Waals surface area (Å²) in [7, 11) is 0. The molecular weight excluding hydrogens is 360 g/mol. The molecule has 0 atom stereocenters. The third-order valence-electron chi connectivity index (χ3n) is 5.19. The molecule has 2 heterocycles. The van der Waals surface area contributed by atoms with Crippen molar-refractivity contribution in [3.63, 3.8) is 0 Å². The van der Waals surface area contributed by atoms with Crippen molar-refractivity contribution in [2.75, 3.05) is 13.1 Å². The van der Waals surface area contributed by atoms with E-state index in [0.717, 1.165) is 0 Å². The number of nitrogens with one attached hydrogen (secondary N) is 2. The van der Waals surface area contributed by atoms with Crippen LogP contribution < -0.4 is 16.4 Å². The Kier molecular flexibility index (Phi) is 5.67. The van der Waals surface area contributed by atoms with E-state index in [9.17, 15) is 19.2 Å². The number of aryl methyl sites for hydroxylation is 1. The number of hydrogen-bond donors (Lipinski definition) is 2. The Morgan fingerprint density at radius 1 is 1.21 bits per heavy atom. The van der Waals surface area contributed by atoms with E-state index in [1.54, 1.807) is 25.1 Å². The second-order valence-electron chi connectivity index (χ2n) is 7.46. The first kappa shape index (κ1) is 19.9.